The van der Waals surface area contributed by atoms with Crippen molar-refractivity contribution in [3.05, 3.63) is 81.9 Å². The van der Waals surface area contributed by atoms with Gasteiger partial charge in [0, 0.05) is 54.2 Å². The predicted octanol–water partition coefficient (Wildman–Crippen LogP) is 5.23. The Kier molecular flexibility index (Phi) is 6.31. The average molecular weight is 409 g/mol. The van der Waals surface area contributed by atoms with Crippen molar-refractivity contribution in [2.75, 3.05) is 13.1 Å². The van der Waals surface area contributed by atoms with Crippen LogP contribution in [0.25, 0.3) is 0 Å². The van der Waals surface area contributed by atoms with Crippen molar-refractivity contribution in [2.45, 2.75) is 52.1 Å². The van der Waals surface area contributed by atoms with E-state index in [9.17, 15) is 0 Å². The van der Waals surface area contributed by atoms with Gasteiger partial charge in [-0.3, -0.25) is 14.6 Å². The summed E-state index contributed by atoms with van der Waals surface area (Å²) in [5.41, 5.74) is 6.22. The Morgan fingerprint density at radius 2 is 1.90 bits per heavy atom. The minimum absolute atomic E-state index is 0.509. The highest BCUT2D eigenvalue weighted by molar-refractivity contribution is 6.30. The lowest BCUT2D eigenvalue weighted by Crippen LogP contribution is -2.34. The van der Waals surface area contributed by atoms with Crippen LogP contribution in [0.3, 0.4) is 0 Å². The Bertz CT molecular complexity index is 931. The average Bonchev–Trinajstić information content (AvgIpc) is 3.10. The molecule has 3 aromatic rings. The molecule has 1 aromatic carbocycles. The van der Waals surface area contributed by atoms with Crippen LogP contribution in [-0.2, 0) is 19.5 Å². The van der Waals surface area contributed by atoms with Crippen molar-refractivity contribution in [1.29, 1.82) is 0 Å². The summed E-state index contributed by atoms with van der Waals surface area (Å²) in [5.74, 6) is 0.509. The summed E-state index contributed by atoms with van der Waals surface area (Å²) in [5, 5.41) is 5.37. The number of halogens is 1. The van der Waals surface area contributed by atoms with E-state index in [1.807, 2.05) is 23.0 Å². The monoisotopic (exact) mass is 408 g/mol. The Balaban J connectivity index is 1.38. The Morgan fingerprint density at radius 1 is 1.10 bits per heavy atom. The highest BCUT2D eigenvalue weighted by Gasteiger charge is 2.23. The lowest BCUT2D eigenvalue weighted by atomic mass is 9.93. The van der Waals surface area contributed by atoms with Gasteiger partial charge in [0.2, 0.25) is 0 Å². The molecule has 0 spiro atoms. The van der Waals surface area contributed by atoms with E-state index < -0.39 is 0 Å². The van der Waals surface area contributed by atoms with Crippen molar-refractivity contribution in [3.63, 3.8) is 0 Å². The van der Waals surface area contributed by atoms with E-state index in [1.54, 1.807) is 0 Å². The van der Waals surface area contributed by atoms with Gasteiger partial charge >= 0.3 is 0 Å². The van der Waals surface area contributed by atoms with E-state index in [0.717, 1.165) is 43.3 Å². The molecule has 1 fully saturated rings. The zero-order valence-electron chi connectivity index (χ0n) is 17.3. The SMILES string of the molecule is CCn1cc(CN2CCCC(c3ccc(Cc4ccc(Cl)cc4)cn3)C2)c(C)n1. The van der Waals surface area contributed by atoms with Gasteiger partial charge < -0.3 is 0 Å². The first-order valence-corrected chi connectivity index (χ1v) is 10.9. The third-order valence-corrected chi connectivity index (χ3v) is 6.11. The van der Waals surface area contributed by atoms with Gasteiger partial charge in [0.05, 0.1) is 5.69 Å². The maximum Gasteiger partial charge on any atom is 0.0638 e. The second-order valence-corrected chi connectivity index (χ2v) is 8.50. The molecule has 3 heterocycles. The molecule has 152 valence electrons. The predicted molar refractivity (Wildman–Crippen MR) is 118 cm³/mol. The molecule has 1 saturated heterocycles. The lowest BCUT2D eigenvalue weighted by molar-refractivity contribution is 0.198. The van der Waals surface area contributed by atoms with Gasteiger partial charge in [-0.25, -0.2) is 0 Å². The van der Waals surface area contributed by atoms with Crippen LogP contribution in [0.4, 0.5) is 0 Å². The molecule has 0 aliphatic carbocycles. The summed E-state index contributed by atoms with van der Waals surface area (Å²) < 4.78 is 2.03. The smallest absolute Gasteiger partial charge is 0.0638 e. The molecular weight excluding hydrogens is 380 g/mol. The highest BCUT2D eigenvalue weighted by Crippen LogP contribution is 2.27. The minimum atomic E-state index is 0.509. The van der Waals surface area contributed by atoms with E-state index in [-0.39, 0.29) is 0 Å². The first-order chi connectivity index (χ1) is 14.1. The molecule has 4 nitrogen and oxygen atoms in total. The second-order valence-electron chi connectivity index (χ2n) is 8.06. The van der Waals surface area contributed by atoms with Crippen LogP contribution in [0, 0.1) is 6.92 Å². The number of pyridine rings is 1. The molecular formula is C24H29ClN4. The molecule has 5 heteroatoms. The molecule has 2 aromatic heterocycles. The van der Waals surface area contributed by atoms with Crippen LogP contribution in [-0.4, -0.2) is 32.8 Å². The molecule has 1 aliphatic heterocycles. The molecule has 1 aliphatic rings. The van der Waals surface area contributed by atoms with Crippen molar-refractivity contribution in [2.24, 2.45) is 0 Å². The second kappa shape index (κ2) is 9.10. The van der Waals surface area contributed by atoms with Crippen LogP contribution in [0.5, 0.6) is 0 Å². The molecule has 29 heavy (non-hydrogen) atoms. The summed E-state index contributed by atoms with van der Waals surface area (Å²) in [7, 11) is 0. The zero-order chi connectivity index (χ0) is 20.2. The number of hydrogen-bond acceptors (Lipinski definition) is 3. The fourth-order valence-corrected chi connectivity index (χ4v) is 4.30. The molecule has 0 bridgehead atoms. The first kappa shape index (κ1) is 20.1. The van der Waals surface area contributed by atoms with Crippen molar-refractivity contribution >= 4 is 11.6 Å². The maximum atomic E-state index is 5.98. The summed E-state index contributed by atoms with van der Waals surface area (Å²) in [6, 6.07) is 12.5. The van der Waals surface area contributed by atoms with Crippen LogP contribution >= 0.6 is 11.6 Å². The number of rotatable bonds is 6. The molecule has 0 amide bonds. The number of hydrogen-bond donors (Lipinski definition) is 0. The fourth-order valence-electron chi connectivity index (χ4n) is 4.18. The number of aromatic nitrogens is 3. The van der Waals surface area contributed by atoms with Gasteiger partial charge in [0.15, 0.2) is 0 Å². The topological polar surface area (TPSA) is 34.0 Å². The Hall–Kier alpha value is -2.17. The quantitative estimate of drug-likeness (QED) is 0.560. The Morgan fingerprint density at radius 3 is 2.59 bits per heavy atom. The minimum Gasteiger partial charge on any atom is -0.298 e. The van der Waals surface area contributed by atoms with Crippen LogP contribution in [0.2, 0.25) is 5.02 Å². The Labute approximate surface area is 178 Å². The molecule has 0 radical (unpaired) electrons. The third kappa shape index (κ3) is 5.06. The van der Waals surface area contributed by atoms with Crippen molar-refractivity contribution in [3.8, 4) is 0 Å². The summed E-state index contributed by atoms with van der Waals surface area (Å²) in [6.45, 7) is 8.38. The van der Waals surface area contributed by atoms with Crippen LogP contribution < -0.4 is 0 Å². The van der Waals surface area contributed by atoms with Gasteiger partial charge in [-0.15, -0.1) is 0 Å². The largest absolute Gasteiger partial charge is 0.298 e. The fraction of sp³-hybridized carbons (Fsp3) is 0.417. The van der Waals surface area contributed by atoms with E-state index in [0.29, 0.717) is 5.92 Å². The van der Waals surface area contributed by atoms with Gasteiger partial charge in [-0.2, -0.15) is 5.10 Å². The lowest BCUT2D eigenvalue weighted by Gasteiger charge is -2.32. The van der Waals surface area contributed by atoms with E-state index in [1.165, 1.54) is 35.2 Å². The third-order valence-electron chi connectivity index (χ3n) is 5.86. The maximum absolute atomic E-state index is 5.98. The van der Waals surface area contributed by atoms with E-state index in [4.69, 9.17) is 16.6 Å². The van der Waals surface area contributed by atoms with Crippen molar-refractivity contribution in [1.82, 2.24) is 19.7 Å². The first-order valence-electron chi connectivity index (χ1n) is 10.5. The van der Waals surface area contributed by atoms with Gasteiger partial charge in [-0.05, 0) is 69.0 Å². The molecule has 0 saturated carbocycles. The van der Waals surface area contributed by atoms with Gasteiger partial charge in [0.25, 0.3) is 0 Å². The van der Waals surface area contributed by atoms with Crippen LogP contribution in [0.1, 0.15) is 53.8 Å². The van der Waals surface area contributed by atoms with Crippen molar-refractivity contribution < 1.29 is 0 Å². The number of piperidine rings is 1. The highest BCUT2D eigenvalue weighted by atomic mass is 35.5. The number of aryl methyl sites for hydroxylation is 2. The molecule has 0 N–H and O–H groups in total. The summed E-state index contributed by atoms with van der Waals surface area (Å²) in [6.07, 6.45) is 7.57. The van der Waals surface area contributed by atoms with Gasteiger partial charge in [-0.1, -0.05) is 29.8 Å². The number of likely N-dealkylation sites (tertiary alicyclic amines) is 1. The summed E-state index contributed by atoms with van der Waals surface area (Å²) in [4.78, 5) is 7.38. The van der Waals surface area contributed by atoms with Gasteiger partial charge in [0.1, 0.15) is 0 Å². The van der Waals surface area contributed by atoms with Crippen LogP contribution in [0.15, 0.2) is 48.8 Å². The zero-order valence-corrected chi connectivity index (χ0v) is 18.1. The van der Waals surface area contributed by atoms with E-state index in [2.05, 4.69) is 54.3 Å². The molecule has 4 rings (SSSR count). The normalized spacial score (nSPS) is 17.6. The number of benzene rings is 1. The molecule has 1 atom stereocenters. The number of nitrogens with zero attached hydrogens (tertiary/aromatic N) is 4. The molecule has 1 unspecified atom stereocenters. The summed E-state index contributed by atoms with van der Waals surface area (Å²) >= 11 is 5.98. The van der Waals surface area contributed by atoms with E-state index >= 15 is 0 Å². The standard InChI is InChI=1S/C24H29ClN4/c1-3-29-17-22(18(2)27-29)16-28-12-4-5-21(15-28)24-11-8-20(14-26-24)13-19-6-9-23(25)10-7-19/h6-11,14,17,21H,3-5,12-13,15-16H2,1-2H3.